The third-order valence-electron chi connectivity index (χ3n) is 4.00. The number of aryl methyl sites for hydroxylation is 1. The quantitative estimate of drug-likeness (QED) is 0.807. The Balaban J connectivity index is 1.80. The number of carbonyl (C=O) groups is 2. The van der Waals surface area contributed by atoms with Gasteiger partial charge in [0.05, 0.1) is 10.7 Å². The van der Waals surface area contributed by atoms with Crippen molar-refractivity contribution < 1.29 is 9.59 Å². The average molecular weight is 394 g/mol. The molecule has 0 bridgehead atoms. The molecule has 0 aliphatic carbocycles. The molecule has 26 heavy (non-hydrogen) atoms. The third-order valence-corrected chi connectivity index (χ3v) is 4.56. The van der Waals surface area contributed by atoms with Gasteiger partial charge in [-0.1, -0.05) is 23.2 Å². The number of amides is 2. The highest BCUT2D eigenvalue weighted by atomic mass is 35.5. The van der Waals surface area contributed by atoms with E-state index in [1.54, 1.807) is 36.1 Å². The number of hydrogen-bond donors (Lipinski definition) is 1. The van der Waals surface area contributed by atoms with Crippen LogP contribution in [0.5, 0.6) is 0 Å². The normalized spacial score (nSPS) is 14.3. The van der Waals surface area contributed by atoms with Crippen LogP contribution in [-0.2, 0) is 4.79 Å². The van der Waals surface area contributed by atoms with Gasteiger partial charge in [0.25, 0.3) is 5.91 Å². The minimum Gasteiger partial charge on any atom is -0.342 e. The van der Waals surface area contributed by atoms with Gasteiger partial charge in [-0.25, -0.2) is 9.97 Å². The molecule has 1 aromatic carbocycles. The van der Waals surface area contributed by atoms with Crippen LogP contribution in [0.1, 0.15) is 16.2 Å². The monoisotopic (exact) mass is 393 g/mol. The molecule has 9 heteroatoms. The molecule has 1 aliphatic rings. The van der Waals surface area contributed by atoms with Gasteiger partial charge in [0.15, 0.2) is 0 Å². The maximum atomic E-state index is 12.6. The maximum absolute atomic E-state index is 12.6. The molecule has 3 rings (SSSR count). The van der Waals surface area contributed by atoms with Gasteiger partial charge in [0.1, 0.15) is 5.69 Å². The molecule has 1 aromatic heterocycles. The molecule has 0 atom stereocenters. The first-order valence-corrected chi connectivity index (χ1v) is 8.78. The highest BCUT2D eigenvalue weighted by molar-refractivity contribution is 6.35. The van der Waals surface area contributed by atoms with Gasteiger partial charge in [-0.2, -0.15) is 0 Å². The second-order valence-electron chi connectivity index (χ2n) is 5.90. The van der Waals surface area contributed by atoms with Crippen molar-refractivity contribution in [1.29, 1.82) is 0 Å². The third kappa shape index (κ3) is 4.23. The molecule has 0 saturated carbocycles. The van der Waals surface area contributed by atoms with Gasteiger partial charge in [-0.15, -0.1) is 0 Å². The lowest BCUT2D eigenvalue weighted by Gasteiger charge is -2.32. The van der Waals surface area contributed by atoms with E-state index in [0.29, 0.717) is 53.6 Å². The number of piperazine rings is 1. The second kappa shape index (κ2) is 7.88. The maximum Gasteiger partial charge on any atom is 0.274 e. The van der Waals surface area contributed by atoms with Crippen molar-refractivity contribution in [1.82, 2.24) is 14.9 Å². The number of carbonyl (C=O) groups excluding carboxylic acids is 2. The highest BCUT2D eigenvalue weighted by Crippen LogP contribution is 2.26. The molecular formula is C17H17Cl2N5O2. The van der Waals surface area contributed by atoms with Crippen LogP contribution in [0.4, 0.5) is 11.6 Å². The number of rotatable bonds is 4. The van der Waals surface area contributed by atoms with Crippen LogP contribution in [0.2, 0.25) is 10.0 Å². The molecule has 2 amide bonds. The molecule has 0 unspecified atom stereocenters. The van der Waals surface area contributed by atoms with Crippen molar-refractivity contribution in [3.63, 3.8) is 0 Å². The number of hydrogen-bond acceptors (Lipinski definition) is 5. The summed E-state index contributed by atoms with van der Waals surface area (Å²) in [4.78, 5) is 35.9. The molecule has 1 fully saturated rings. The van der Waals surface area contributed by atoms with E-state index in [-0.39, 0.29) is 5.69 Å². The van der Waals surface area contributed by atoms with Crippen LogP contribution in [0.25, 0.3) is 0 Å². The number of benzene rings is 1. The predicted octanol–water partition coefficient (Wildman–Crippen LogP) is 2.62. The van der Waals surface area contributed by atoms with E-state index in [1.165, 1.54) is 0 Å². The topological polar surface area (TPSA) is 78.4 Å². The lowest BCUT2D eigenvalue weighted by atomic mass is 10.2. The molecule has 0 spiro atoms. The zero-order chi connectivity index (χ0) is 18.7. The Kier molecular flexibility index (Phi) is 5.58. The predicted molar refractivity (Wildman–Crippen MR) is 101 cm³/mol. The van der Waals surface area contributed by atoms with Crippen LogP contribution in [0.3, 0.4) is 0 Å². The van der Waals surface area contributed by atoms with Gasteiger partial charge in [0, 0.05) is 36.9 Å². The Morgan fingerprint density at radius 1 is 1.15 bits per heavy atom. The largest absolute Gasteiger partial charge is 0.342 e. The molecular weight excluding hydrogens is 377 g/mol. The zero-order valence-electron chi connectivity index (χ0n) is 14.1. The number of anilines is 2. The Morgan fingerprint density at radius 2 is 1.88 bits per heavy atom. The molecule has 2 heterocycles. The summed E-state index contributed by atoms with van der Waals surface area (Å²) >= 11 is 12.0. The summed E-state index contributed by atoms with van der Waals surface area (Å²) in [6.07, 6.45) is 0.835. The minimum atomic E-state index is -0.396. The van der Waals surface area contributed by atoms with Crippen molar-refractivity contribution in [2.24, 2.45) is 0 Å². The highest BCUT2D eigenvalue weighted by Gasteiger charge is 2.20. The molecule has 2 aromatic rings. The van der Waals surface area contributed by atoms with Gasteiger partial charge in [0.2, 0.25) is 12.4 Å². The zero-order valence-corrected chi connectivity index (χ0v) is 15.6. The van der Waals surface area contributed by atoms with Gasteiger partial charge in [-0.05, 0) is 31.2 Å². The van der Waals surface area contributed by atoms with E-state index in [2.05, 4.69) is 15.3 Å². The Bertz CT molecular complexity index is 838. The Morgan fingerprint density at radius 3 is 2.58 bits per heavy atom. The summed E-state index contributed by atoms with van der Waals surface area (Å²) in [6, 6.07) is 6.45. The van der Waals surface area contributed by atoms with Crippen LogP contribution in [-0.4, -0.2) is 53.4 Å². The molecule has 1 N–H and O–H groups in total. The first kappa shape index (κ1) is 18.4. The van der Waals surface area contributed by atoms with Crippen molar-refractivity contribution in [3.8, 4) is 0 Å². The Labute approximate surface area is 160 Å². The van der Waals surface area contributed by atoms with E-state index in [9.17, 15) is 9.59 Å². The first-order chi connectivity index (χ1) is 12.5. The standard InChI is InChI=1S/C17H17Cl2N5O2/c1-11-8-15(16(26)21-14-9-12(18)2-3-13(14)19)22-17(20-11)24-6-4-23(10-25)5-7-24/h2-3,8-10H,4-7H2,1H3,(H,21,26). The SMILES string of the molecule is Cc1cc(C(=O)Nc2cc(Cl)ccc2Cl)nc(N2CCN(C=O)CC2)n1. The first-order valence-electron chi connectivity index (χ1n) is 8.02. The average Bonchev–Trinajstić information content (AvgIpc) is 2.64. The summed E-state index contributed by atoms with van der Waals surface area (Å²) < 4.78 is 0. The van der Waals surface area contributed by atoms with E-state index >= 15 is 0 Å². The summed E-state index contributed by atoms with van der Waals surface area (Å²) in [5, 5.41) is 3.58. The van der Waals surface area contributed by atoms with E-state index in [4.69, 9.17) is 23.2 Å². The minimum absolute atomic E-state index is 0.237. The molecule has 1 aliphatic heterocycles. The second-order valence-corrected chi connectivity index (χ2v) is 6.74. The van der Waals surface area contributed by atoms with Crippen molar-refractivity contribution >= 4 is 47.2 Å². The number of nitrogens with zero attached hydrogens (tertiary/aromatic N) is 4. The fourth-order valence-corrected chi connectivity index (χ4v) is 2.95. The Hall–Kier alpha value is -2.38. The van der Waals surface area contributed by atoms with Crippen LogP contribution in [0.15, 0.2) is 24.3 Å². The van der Waals surface area contributed by atoms with Gasteiger partial charge in [-0.3, -0.25) is 9.59 Å². The fraction of sp³-hybridized carbons (Fsp3) is 0.294. The van der Waals surface area contributed by atoms with Crippen molar-refractivity contribution in [2.45, 2.75) is 6.92 Å². The number of nitrogens with one attached hydrogen (secondary N) is 1. The van der Waals surface area contributed by atoms with Gasteiger partial charge < -0.3 is 15.1 Å². The smallest absolute Gasteiger partial charge is 0.274 e. The van der Waals surface area contributed by atoms with E-state index in [0.717, 1.165) is 6.41 Å². The van der Waals surface area contributed by atoms with Crippen LogP contribution >= 0.6 is 23.2 Å². The van der Waals surface area contributed by atoms with E-state index < -0.39 is 5.91 Å². The fourth-order valence-electron chi connectivity index (χ4n) is 2.62. The lowest BCUT2D eigenvalue weighted by molar-refractivity contribution is -0.118. The van der Waals surface area contributed by atoms with Crippen LogP contribution in [0, 0.1) is 6.92 Å². The molecule has 136 valence electrons. The summed E-state index contributed by atoms with van der Waals surface area (Å²) in [7, 11) is 0. The van der Waals surface area contributed by atoms with Gasteiger partial charge >= 0.3 is 0 Å². The van der Waals surface area contributed by atoms with Crippen molar-refractivity contribution in [2.75, 3.05) is 36.4 Å². The summed E-state index contributed by atoms with van der Waals surface area (Å²) in [5.74, 6) is 0.0744. The molecule has 1 saturated heterocycles. The molecule has 0 radical (unpaired) electrons. The lowest BCUT2D eigenvalue weighted by Crippen LogP contribution is -2.46. The van der Waals surface area contributed by atoms with Crippen LogP contribution < -0.4 is 10.2 Å². The van der Waals surface area contributed by atoms with E-state index in [1.807, 2.05) is 4.90 Å². The summed E-state index contributed by atoms with van der Waals surface area (Å²) in [6.45, 7) is 4.23. The number of aromatic nitrogens is 2. The summed E-state index contributed by atoms with van der Waals surface area (Å²) in [5.41, 5.74) is 1.33. The van der Waals surface area contributed by atoms with Crippen molar-refractivity contribution in [3.05, 3.63) is 45.7 Å². The number of halogens is 2. The molecule has 7 nitrogen and oxygen atoms in total.